The van der Waals surface area contributed by atoms with Crippen LogP contribution in [-0.4, -0.2) is 49.0 Å². The van der Waals surface area contributed by atoms with E-state index in [1.54, 1.807) is 14.0 Å². The summed E-state index contributed by atoms with van der Waals surface area (Å²) in [6.07, 6.45) is 0.918. The normalized spacial score (nSPS) is 15.2. The molecule has 0 aromatic carbocycles. The van der Waals surface area contributed by atoms with Crippen molar-refractivity contribution in [2.45, 2.75) is 51.7 Å². The summed E-state index contributed by atoms with van der Waals surface area (Å²) in [7, 11) is 1.59. The molecule has 0 bridgehead atoms. The first-order valence-corrected chi connectivity index (χ1v) is 6.39. The average Bonchev–Trinajstić information content (AvgIpc) is 2.22. The summed E-state index contributed by atoms with van der Waals surface area (Å²) in [6.45, 7) is 9.23. The maximum absolute atomic E-state index is 11.6. The van der Waals surface area contributed by atoms with Gasteiger partial charge in [0.05, 0.1) is 5.60 Å². The van der Waals surface area contributed by atoms with Gasteiger partial charge in [0, 0.05) is 45.2 Å². The summed E-state index contributed by atoms with van der Waals surface area (Å²) in [5, 5.41) is 15.9. The second kappa shape index (κ2) is 7.71. The van der Waals surface area contributed by atoms with Gasteiger partial charge in [-0.2, -0.15) is 0 Å². The Labute approximate surface area is 110 Å². The Kier molecular flexibility index (Phi) is 7.43. The van der Waals surface area contributed by atoms with Crippen LogP contribution in [0.4, 0.5) is 0 Å². The van der Waals surface area contributed by atoms with E-state index in [9.17, 15) is 9.90 Å². The molecular formula is C13H28N2O3. The topological polar surface area (TPSA) is 70.6 Å². The van der Waals surface area contributed by atoms with Crippen molar-refractivity contribution in [1.29, 1.82) is 0 Å². The predicted octanol–water partition coefficient (Wildman–Crippen LogP) is 0.668. The number of carbonyl (C=O) groups excluding carboxylic acids is 1. The Hall–Kier alpha value is -0.650. The highest BCUT2D eigenvalue weighted by Gasteiger charge is 2.20. The first-order valence-electron chi connectivity index (χ1n) is 6.39. The minimum Gasteiger partial charge on any atom is -0.388 e. The summed E-state index contributed by atoms with van der Waals surface area (Å²) in [5.74, 6) is -0.0514. The molecule has 3 N–H and O–H groups in total. The number of amides is 1. The van der Waals surface area contributed by atoms with Crippen LogP contribution in [-0.2, 0) is 9.53 Å². The van der Waals surface area contributed by atoms with Crippen LogP contribution in [0.25, 0.3) is 0 Å². The third-order valence-corrected chi connectivity index (χ3v) is 2.52. The molecule has 0 fully saturated rings. The zero-order valence-corrected chi connectivity index (χ0v) is 12.3. The summed E-state index contributed by atoms with van der Waals surface area (Å²) in [4.78, 5) is 11.6. The Morgan fingerprint density at radius 2 is 1.89 bits per heavy atom. The van der Waals surface area contributed by atoms with E-state index in [-0.39, 0.29) is 18.0 Å². The maximum atomic E-state index is 11.6. The molecule has 0 spiro atoms. The fourth-order valence-electron chi connectivity index (χ4n) is 1.34. The standard InChI is InChI=1S/C13H28N2O3/c1-12(2,3)15-8-6-11(16)14-10-13(4,17)7-9-18-5/h15,17H,6-10H2,1-5H3,(H,14,16). The first kappa shape index (κ1) is 17.4. The number of hydrogen-bond acceptors (Lipinski definition) is 4. The molecule has 1 atom stereocenters. The molecule has 0 saturated carbocycles. The van der Waals surface area contributed by atoms with Crippen LogP contribution >= 0.6 is 0 Å². The smallest absolute Gasteiger partial charge is 0.221 e. The van der Waals surface area contributed by atoms with Gasteiger partial charge >= 0.3 is 0 Å². The van der Waals surface area contributed by atoms with E-state index < -0.39 is 5.60 Å². The van der Waals surface area contributed by atoms with Gasteiger partial charge in [-0.05, 0) is 27.7 Å². The van der Waals surface area contributed by atoms with Crippen LogP contribution in [0, 0.1) is 0 Å². The van der Waals surface area contributed by atoms with E-state index in [1.807, 2.05) is 0 Å². The third-order valence-electron chi connectivity index (χ3n) is 2.52. The van der Waals surface area contributed by atoms with E-state index in [4.69, 9.17) is 4.74 Å². The van der Waals surface area contributed by atoms with Crippen molar-refractivity contribution in [3.8, 4) is 0 Å². The van der Waals surface area contributed by atoms with Crippen LogP contribution in [0.2, 0.25) is 0 Å². The summed E-state index contributed by atoms with van der Waals surface area (Å²) in [5.41, 5.74) is -0.895. The lowest BCUT2D eigenvalue weighted by atomic mass is 10.0. The second-order valence-electron chi connectivity index (χ2n) is 5.94. The summed E-state index contributed by atoms with van der Waals surface area (Å²) in [6, 6.07) is 0. The number of hydrogen-bond donors (Lipinski definition) is 3. The molecule has 0 saturated heterocycles. The minimum absolute atomic E-state index is 0.0181. The van der Waals surface area contributed by atoms with E-state index in [0.717, 1.165) is 0 Å². The molecule has 0 aromatic rings. The second-order valence-corrected chi connectivity index (χ2v) is 5.94. The number of rotatable bonds is 8. The fraction of sp³-hybridized carbons (Fsp3) is 0.923. The highest BCUT2D eigenvalue weighted by Crippen LogP contribution is 2.07. The zero-order valence-electron chi connectivity index (χ0n) is 12.3. The van der Waals surface area contributed by atoms with Crippen LogP contribution in [0.1, 0.15) is 40.5 Å². The van der Waals surface area contributed by atoms with Crippen molar-refractivity contribution in [3.63, 3.8) is 0 Å². The molecule has 18 heavy (non-hydrogen) atoms. The zero-order chi connectivity index (χ0) is 14.2. The molecule has 0 aliphatic rings. The summed E-state index contributed by atoms with van der Waals surface area (Å²) >= 11 is 0. The molecule has 108 valence electrons. The molecule has 1 amide bonds. The van der Waals surface area contributed by atoms with Crippen molar-refractivity contribution in [1.82, 2.24) is 10.6 Å². The third kappa shape index (κ3) is 10.5. The average molecular weight is 260 g/mol. The maximum Gasteiger partial charge on any atom is 0.221 e. The van der Waals surface area contributed by atoms with Crippen molar-refractivity contribution < 1.29 is 14.6 Å². The van der Waals surface area contributed by atoms with Gasteiger partial charge in [0.25, 0.3) is 0 Å². The Bertz CT molecular complexity index is 247. The molecule has 0 radical (unpaired) electrons. The minimum atomic E-state index is -0.914. The van der Waals surface area contributed by atoms with Crippen LogP contribution in [0.3, 0.4) is 0 Å². The molecule has 1 unspecified atom stereocenters. The lowest BCUT2D eigenvalue weighted by Crippen LogP contribution is -2.43. The Morgan fingerprint density at radius 1 is 1.28 bits per heavy atom. The van der Waals surface area contributed by atoms with Crippen LogP contribution in [0.5, 0.6) is 0 Å². The van der Waals surface area contributed by atoms with E-state index >= 15 is 0 Å². The van der Waals surface area contributed by atoms with Gasteiger partial charge in [-0.15, -0.1) is 0 Å². The van der Waals surface area contributed by atoms with E-state index in [0.29, 0.717) is 26.0 Å². The molecular weight excluding hydrogens is 232 g/mol. The van der Waals surface area contributed by atoms with Gasteiger partial charge < -0.3 is 20.5 Å². The van der Waals surface area contributed by atoms with Crippen molar-refractivity contribution in [2.24, 2.45) is 0 Å². The lowest BCUT2D eigenvalue weighted by molar-refractivity contribution is -0.122. The van der Waals surface area contributed by atoms with Crippen molar-refractivity contribution in [3.05, 3.63) is 0 Å². The number of carbonyl (C=O) groups is 1. The Balaban J connectivity index is 3.76. The van der Waals surface area contributed by atoms with Gasteiger partial charge in [0.2, 0.25) is 5.91 Å². The van der Waals surface area contributed by atoms with Crippen molar-refractivity contribution >= 4 is 5.91 Å². The molecule has 0 aliphatic carbocycles. The number of methoxy groups -OCH3 is 1. The van der Waals surface area contributed by atoms with E-state index in [1.165, 1.54) is 0 Å². The first-order chi connectivity index (χ1) is 8.16. The van der Waals surface area contributed by atoms with Gasteiger partial charge in [0.1, 0.15) is 0 Å². The fourth-order valence-corrected chi connectivity index (χ4v) is 1.34. The van der Waals surface area contributed by atoms with Crippen molar-refractivity contribution in [2.75, 3.05) is 26.8 Å². The predicted molar refractivity (Wildman–Crippen MR) is 72.5 cm³/mol. The number of aliphatic hydroxyl groups is 1. The summed E-state index contributed by atoms with van der Waals surface area (Å²) < 4.78 is 4.90. The molecule has 0 aliphatic heterocycles. The molecule has 0 aromatic heterocycles. The lowest BCUT2D eigenvalue weighted by Gasteiger charge is -2.24. The molecule has 0 rings (SSSR count). The van der Waals surface area contributed by atoms with Gasteiger partial charge in [-0.1, -0.05) is 0 Å². The molecule has 0 heterocycles. The molecule has 5 heteroatoms. The highest BCUT2D eigenvalue weighted by atomic mass is 16.5. The van der Waals surface area contributed by atoms with Gasteiger partial charge in [0.15, 0.2) is 0 Å². The highest BCUT2D eigenvalue weighted by molar-refractivity contribution is 5.76. The van der Waals surface area contributed by atoms with Gasteiger partial charge in [-0.3, -0.25) is 4.79 Å². The van der Waals surface area contributed by atoms with Gasteiger partial charge in [-0.25, -0.2) is 0 Å². The monoisotopic (exact) mass is 260 g/mol. The SMILES string of the molecule is COCCC(C)(O)CNC(=O)CCNC(C)(C)C. The molecule has 5 nitrogen and oxygen atoms in total. The largest absolute Gasteiger partial charge is 0.388 e. The van der Waals surface area contributed by atoms with E-state index in [2.05, 4.69) is 31.4 Å². The Morgan fingerprint density at radius 3 is 2.39 bits per heavy atom. The quantitative estimate of drug-likeness (QED) is 0.600. The number of ether oxygens (including phenoxy) is 1. The van der Waals surface area contributed by atoms with Crippen LogP contribution in [0.15, 0.2) is 0 Å². The van der Waals surface area contributed by atoms with Crippen LogP contribution < -0.4 is 10.6 Å². The number of nitrogens with one attached hydrogen (secondary N) is 2.